The molecule has 0 radical (unpaired) electrons. The first-order valence-electron chi connectivity index (χ1n) is 6.33. The van der Waals surface area contributed by atoms with Gasteiger partial charge in [-0.1, -0.05) is 17.7 Å². The molecule has 0 spiro atoms. The van der Waals surface area contributed by atoms with Crippen molar-refractivity contribution in [1.82, 2.24) is 9.97 Å². The maximum Gasteiger partial charge on any atom is 0.148 e. The van der Waals surface area contributed by atoms with E-state index in [2.05, 4.69) is 20.9 Å². The van der Waals surface area contributed by atoms with Crippen LogP contribution in [0, 0.1) is 0 Å². The molecule has 0 saturated carbocycles. The van der Waals surface area contributed by atoms with E-state index in [1.807, 2.05) is 12.3 Å². The molecule has 0 aliphatic carbocycles. The van der Waals surface area contributed by atoms with Crippen molar-refractivity contribution in [1.29, 1.82) is 0 Å². The summed E-state index contributed by atoms with van der Waals surface area (Å²) in [7, 11) is 0. The fraction of sp³-hybridized carbons (Fsp3) is 0.286. The highest BCUT2D eigenvalue weighted by molar-refractivity contribution is 6.33. The molecule has 1 unspecified atom stereocenters. The number of aromatic nitrogens is 2. The van der Waals surface area contributed by atoms with Gasteiger partial charge in [-0.2, -0.15) is 0 Å². The molecule has 1 aliphatic heterocycles. The first-order chi connectivity index (χ1) is 9.25. The van der Waals surface area contributed by atoms with Crippen LogP contribution < -0.4 is 10.6 Å². The first kappa shape index (κ1) is 12.2. The molecule has 19 heavy (non-hydrogen) atoms. The molecule has 0 amide bonds. The summed E-state index contributed by atoms with van der Waals surface area (Å²) in [5.74, 6) is 0.808. The zero-order valence-electron chi connectivity index (χ0n) is 10.5. The van der Waals surface area contributed by atoms with Crippen molar-refractivity contribution in [2.24, 2.45) is 0 Å². The van der Waals surface area contributed by atoms with Gasteiger partial charge in [0.05, 0.1) is 22.9 Å². The van der Waals surface area contributed by atoms with Crippen LogP contribution in [0.15, 0.2) is 36.8 Å². The van der Waals surface area contributed by atoms with E-state index in [4.69, 9.17) is 17.3 Å². The molecule has 3 rings (SSSR count). The van der Waals surface area contributed by atoms with Gasteiger partial charge in [0.1, 0.15) is 5.82 Å². The average Bonchev–Trinajstić information content (AvgIpc) is 2.89. The van der Waals surface area contributed by atoms with Gasteiger partial charge in [-0.05, 0) is 30.5 Å². The highest BCUT2D eigenvalue weighted by Gasteiger charge is 2.28. The summed E-state index contributed by atoms with van der Waals surface area (Å²) in [6.45, 7) is 0.955. The van der Waals surface area contributed by atoms with E-state index in [1.165, 1.54) is 5.56 Å². The monoisotopic (exact) mass is 274 g/mol. The van der Waals surface area contributed by atoms with Gasteiger partial charge >= 0.3 is 0 Å². The number of hydrogen-bond acceptors (Lipinski definition) is 4. The fourth-order valence-corrected chi connectivity index (χ4v) is 2.88. The lowest BCUT2D eigenvalue weighted by atomic mass is 10.1. The third-order valence-electron chi connectivity index (χ3n) is 3.44. The van der Waals surface area contributed by atoms with Crippen molar-refractivity contribution < 1.29 is 0 Å². The molecular formula is C14H15ClN4. The Labute approximate surface area is 117 Å². The van der Waals surface area contributed by atoms with Crippen molar-refractivity contribution in [2.75, 3.05) is 17.2 Å². The standard InChI is InChI=1S/C14H15ClN4/c15-12-7-11(16)9-18-14(12)19-6-2-4-13(19)10-3-1-5-17-8-10/h1,3,5,7-9,13H,2,4,6,16H2. The van der Waals surface area contributed by atoms with E-state index in [-0.39, 0.29) is 0 Å². The SMILES string of the molecule is Nc1cnc(N2CCCC2c2cccnc2)c(Cl)c1. The van der Waals surface area contributed by atoms with Crippen LogP contribution in [0.2, 0.25) is 5.02 Å². The van der Waals surface area contributed by atoms with Gasteiger partial charge in [0, 0.05) is 18.9 Å². The number of nitrogens with zero attached hydrogens (tertiary/aromatic N) is 3. The molecule has 4 nitrogen and oxygen atoms in total. The molecule has 5 heteroatoms. The number of nitrogen functional groups attached to an aromatic ring is 1. The molecule has 0 aromatic carbocycles. The van der Waals surface area contributed by atoms with Crippen molar-refractivity contribution >= 4 is 23.1 Å². The Morgan fingerprint density at radius 1 is 1.37 bits per heavy atom. The number of rotatable bonds is 2. The lowest BCUT2D eigenvalue weighted by Crippen LogP contribution is -2.24. The molecular weight excluding hydrogens is 260 g/mol. The molecule has 1 atom stereocenters. The normalized spacial score (nSPS) is 18.8. The Balaban J connectivity index is 1.95. The van der Waals surface area contributed by atoms with E-state index in [0.29, 0.717) is 16.8 Å². The second-order valence-corrected chi connectivity index (χ2v) is 5.12. The van der Waals surface area contributed by atoms with Crippen LogP contribution in [0.25, 0.3) is 0 Å². The lowest BCUT2D eigenvalue weighted by Gasteiger charge is -2.26. The third kappa shape index (κ3) is 2.36. The zero-order valence-corrected chi connectivity index (χ0v) is 11.2. The van der Waals surface area contributed by atoms with Gasteiger partial charge in [0.15, 0.2) is 0 Å². The van der Waals surface area contributed by atoms with Crippen LogP contribution in [0.5, 0.6) is 0 Å². The van der Waals surface area contributed by atoms with Gasteiger partial charge in [-0.3, -0.25) is 4.98 Å². The molecule has 98 valence electrons. The van der Waals surface area contributed by atoms with Crippen molar-refractivity contribution in [2.45, 2.75) is 18.9 Å². The van der Waals surface area contributed by atoms with Gasteiger partial charge < -0.3 is 10.6 Å². The molecule has 3 heterocycles. The number of pyridine rings is 2. The highest BCUT2D eigenvalue weighted by Crippen LogP contribution is 2.38. The molecule has 1 saturated heterocycles. The largest absolute Gasteiger partial charge is 0.397 e. The minimum atomic E-state index is 0.294. The van der Waals surface area contributed by atoms with Crippen LogP contribution in [0.3, 0.4) is 0 Å². The summed E-state index contributed by atoms with van der Waals surface area (Å²) >= 11 is 6.26. The fourth-order valence-electron chi connectivity index (χ4n) is 2.60. The highest BCUT2D eigenvalue weighted by atomic mass is 35.5. The Morgan fingerprint density at radius 2 is 2.26 bits per heavy atom. The second-order valence-electron chi connectivity index (χ2n) is 4.71. The Kier molecular flexibility index (Phi) is 3.25. The summed E-state index contributed by atoms with van der Waals surface area (Å²) < 4.78 is 0. The predicted molar refractivity (Wildman–Crippen MR) is 77.2 cm³/mol. The van der Waals surface area contributed by atoms with Crippen LogP contribution in [-0.2, 0) is 0 Å². The maximum absolute atomic E-state index is 6.26. The summed E-state index contributed by atoms with van der Waals surface area (Å²) in [4.78, 5) is 10.8. The Hall–Kier alpha value is -1.81. The smallest absolute Gasteiger partial charge is 0.148 e. The van der Waals surface area contributed by atoms with E-state index >= 15 is 0 Å². The summed E-state index contributed by atoms with van der Waals surface area (Å²) in [6, 6.07) is 6.11. The van der Waals surface area contributed by atoms with Gasteiger partial charge in [0.2, 0.25) is 0 Å². The van der Waals surface area contributed by atoms with Crippen molar-refractivity contribution in [3.05, 3.63) is 47.4 Å². The van der Waals surface area contributed by atoms with Gasteiger partial charge in [-0.25, -0.2) is 4.98 Å². The number of hydrogen-bond donors (Lipinski definition) is 1. The van der Waals surface area contributed by atoms with E-state index < -0.39 is 0 Å². The quantitative estimate of drug-likeness (QED) is 0.914. The minimum Gasteiger partial charge on any atom is -0.397 e. The second kappa shape index (κ2) is 5.05. The van der Waals surface area contributed by atoms with Gasteiger partial charge in [-0.15, -0.1) is 0 Å². The number of halogens is 1. The summed E-state index contributed by atoms with van der Waals surface area (Å²) in [6.07, 6.45) is 7.57. The van der Waals surface area contributed by atoms with Gasteiger partial charge in [0.25, 0.3) is 0 Å². The van der Waals surface area contributed by atoms with E-state index in [9.17, 15) is 0 Å². The molecule has 0 bridgehead atoms. The Morgan fingerprint density at radius 3 is 3.00 bits per heavy atom. The minimum absolute atomic E-state index is 0.294. The Bertz CT molecular complexity index is 573. The third-order valence-corrected chi connectivity index (χ3v) is 3.72. The predicted octanol–water partition coefficient (Wildman–Crippen LogP) is 3.05. The van der Waals surface area contributed by atoms with Crippen LogP contribution in [-0.4, -0.2) is 16.5 Å². The van der Waals surface area contributed by atoms with Crippen LogP contribution in [0.1, 0.15) is 24.4 Å². The van der Waals surface area contributed by atoms with Crippen molar-refractivity contribution in [3.63, 3.8) is 0 Å². The van der Waals surface area contributed by atoms with E-state index in [0.717, 1.165) is 25.2 Å². The van der Waals surface area contributed by atoms with Crippen LogP contribution in [0.4, 0.5) is 11.5 Å². The maximum atomic E-state index is 6.26. The summed E-state index contributed by atoms with van der Waals surface area (Å²) in [5.41, 5.74) is 7.49. The average molecular weight is 275 g/mol. The topological polar surface area (TPSA) is 55.0 Å². The summed E-state index contributed by atoms with van der Waals surface area (Å²) in [5, 5.41) is 0.607. The lowest BCUT2D eigenvalue weighted by molar-refractivity contribution is 0.708. The molecule has 2 aromatic heterocycles. The molecule has 2 N–H and O–H groups in total. The molecule has 2 aromatic rings. The van der Waals surface area contributed by atoms with Crippen LogP contribution >= 0.6 is 11.6 Å². The first-order valence-corrected chi connectivity index (χ1v) is 6.71. The molecule has 1 fully saturated rings. The van der Waals surface area contributed by atoms with E-state index in [1.54, 1.807) is 18.5 Å². The number of nitrogens with two attached hydrogens (primary N) is 1. The zero-order chi connectivity index (χ0) is 13.2. The molecule has 1 aliphatic rings. The number of anilines is 2. The van der Waals surface area contributed by atoms with Crippen molar-refractivity contribution in [3.8, 4) is 0 Å².